The van der Waals surface area contributed by atoms with Crippen LogP contribution < -0.4 is 0 Å². The monoisotopic (exact) mass is 298 g/mol. The number of thioether (sulfide) groups is 1. The van der Waals surface area contributed by atoms with Gasteiger partial charge in [0.25, 0.3) is 0 Å². The molecule has 0 spiro atoms. The molecule has 0 aliphatic carbocycles. The molecule has 7 heteroatoms. The molecule has 0 bridgehead atoms. The summed E-state index contributed by atoms with van der Waals surface area (Å²) in [4.78, 5) is 21.8. The lowest BCUT2D eigenvalue weighted by Crippen LogP contribution is -2.25. The summed E-state index contributed by atoms with van der Waals surface area (Å²) in [6.07, 6.45) is 2.74. The molecule has 0 aliphatic rings. The molecule has 0 fully saturated rings. The van der Waals surface area contributed by atoms with Crippen LogP contribution in [0.15, 0.2) is 0 Å². The molecule has 0 aliphatic heterocycles. The molecule has 2 atom stereocenters. The third-order valence-electron chi connectivity index (χ3n) is 2.57. The van der Waals surface area contributed by atoms with E-state index in [0.717, 1.165) is 0 Å². The smallest absolute Gasteiger partial charge is 0.307 e. The number of thiol groups is 2. The Morgan fingerprint density at radius 1 is 1.06 bits per heavy atom. The van der Waals surface area contributed by atoms with Gasteiger partial charge in [-0.05, 0) is 19.1 Å². The van der Waals surface area contributed by atoms with Crippen LogP contribution in [0, 0.1) is 11.8 Å². The fourth-order valence-electron chi connectivity index (χ4n) is 1.43. The van der Waals surface area contributed by atoms with Gasteiger partial charge in [-0.1, -0.05) is 0 Å². The third-order valence-corrected chi connectivity index (χ3v) is 4.50. The average molecular weight is 298 g/mol. The Labute approximate surface area is 116 Å². The SMILES string of the molecule is CSC(CC(CS)C(=O)O)CC(CS)C(=O)O. The van der Waals surface area contributed by atoms with Crippen LogP contribution in [0.5, 0.6) is 0 Å². The second-order valence-electron chi connectivity index (χ2n) is 3.76. The molecule has 0 aromatic heterocycles. The largest absolute Gasteiger partial charge is 0.481 e. The summed E-state index contributed by atoms with van der Waals surface area (Å²) < 4.78 is 0. The van der Waals surface area contributed by atoms with E-state index in [4.69, 9.17) is 10.2 Å². The Bertz CT molecular complexity index is 236. The van der Waals surface area contributed by atoms with Crippen molar-refractivity contribution in [1.82, 2.24) is 0 Å². The molecule has 17 heavy (non-hydrogen) atoms. The summed E-state index contributed by atoms with van der Waals surface area (Å²) in [6.45, 7) is 0. The van der Waals surface area contributed by atoms with Gasteiger partial charge in [-0.25, -0.2) is 0 Å². The third kappa shape index (κ3) is 6.47. The number of hydrogen-bond acceptors (Lipinski definition) is 5. The van der Waals surface area contributed by atoms with Gasteiger partial charge in [-0.2, -0.15) is 37.0 Å². The van der Waals surface area contributed by atoms with E-state index in [1.54, 1.807) is 0 Å². The summed E-state index contributed by atoms with van der Waals surface area (Å²) >= 11 is 9.50. The van der Waals surface area contributed by atoms with E-state index in [2.05, 4.69) is 25.3 Å². The van der Waals surface area contributed by atoms with Crippen LogP contribution in [0.4, 0.5) is 0 Å². The van der Waals surface area contributed by atoms with Crippen molar-refractivity contribution in [2.75, 3.05) is 17.8 Å². The summed E-state index contributed by atoms with van der Waals surface area (Å²) in [5.41, 5.74) is 0. The Hall–Kier alpha value is -0.0100. The molecule has 0 aromatic rings. The normalized spacial score (nSPS) is 16.2. The van der Waals surface area contributed by atoms with Crippen molar-refractivity contribution in [2.24, 2.45) is 11.8 Å². The van der Waals surface area contributed by atoms with Crippen LogP contribution in [0.2, 0.25) is 0 Å². The van der Waals surface area contributed by atoms with Gasteiger partial charge in [-0.3, -0.25) is 9.59 Å². The molecule has 0 saturated carbocycles. The molecule has 0 aromatic carbocycles. The van der Waals surface area contributed by atoms with E-state index < -0.39 is 23.8 Å². The van der Waals surface area contributed by atoms with Crippen molar-refractivity contribution < 1.29 is 19.8 Å². The second kappa shape index (κ2) is 8.99. The first-order valence-electron chi connectivity index (χ1n) is 5.16. The first kappa shape index (κ1) is 17.0. The van der Waals surface area contributed by atoms with Gasteiger partial charge in [0.15, 0.2) is 0 Å². The number of hydrogen-bond donors (Lipinski definition) is 4. The summed E-state index contributed by atoms with van der Waals surface area (Å²) in [6, 6.07) is 0. The van der Waals surface area contributed by atoms with Crippen molar-refractivity contribution in [2.45, 2.75) is 18.1 Å². The van der Waals surface area contributed by atoms with E-state index in [1.165, 1.54) is 11.8 Å². The van der Waals surface area contributed by atoms with Crippen molar-refractivity contribution in [3.63, 3.8) is 0 Å². The number of rotatable bonds is 9. The van der Waals surface area contributed by atoms with E-state index in [9.17, 15) is 9.59 Å². The number of aliphatic carboxylic acids is 2. The fraction of sp³-hybridized carbons (Fsp3) is 0.800. The minimum absolute atomic E-state index is 0.0106. The standard InChI is InChI=1S/C10H18O4S3/c1-17-8(2-6(4-15)9(11)12)3-7(5-16)10(13)14/h6-8,15-16H,2-5H2,1H3,(H,11,12)(H,13,14). The molecule has 2 N–H and O–H groups in total. The Balaban J connectivity index is 4.41. The highest BCUT2D eigenvalue weighted by atomic mass is 32.2. The van der Waals surface area contributed by atoms with Crippen LogP contribution in [0.3, 0.4) is 0 Å². The second-order valence-corrected chi connectivity index (χ2v) is 5.63. The van der Waals surface area contributed by atoms with Crippen LogP contribution >= 0.6 is 37.0 Å². The minimum Gasteiger partial charge on any atom is -0.481 e. The van der Waals surface area contributed by atoms with Gasteiger partial charge in [-0.15, -0.1) is 0 Å². The zero-order valence-electron chi connectivity index (χ0n) is 9.57. The van der Waals surface area contributed by atoms with Gasteiger partial charge < -0.3 is 10.2 Å². The summed E-state index contributed by atoms with van der Waals surface area (Å²) in [5.74, 6) is -2.26. The van der Waals surface area contributed by atoms with Crippen molar-refractivity contribution in [1.29, 1.82) is 0 Å². The summed E-state index contributed by atoms with van der Waals surface area (Å²) in [5, 5.41) is 17.9. The quantitative estimate of drug-likeness (QED) is 0.488. The van der Waals surface area contributed by atoms with Crippen LogP contribution in [-0.2, 0) is 9.59 Å². The maximum Gasteiger partial charge on any atom is 0.307 e. The molecule has 0 radical (unpaired) electrons. The molecule has 0 heterocycles. The molecule has 100 valence electrons. The van der Waals surface area contributed by atoms with E-state index in [0.29, 0.717) is 12.8 Å². The van der Waals surface area contributed by atoms with Crippen LogP contribution in [-0.4, -0.2) is 45.2 Å². The van der Waals surface area contributed by atoms with E-state index >= 15 is 0 Å². The summed E-state index contributed by atoms with van der Waals surface area (Å²) in [7, 11) is 0. The first-order chi connectivity index (χ1) is 7.96. The Kier molecular flexibility index (Phi) is 8.99. The lowest BCUT2D eigenvalue weighted by Gasteiger charge is -2.20. The van der Waals surface area contributed by atoms with Crippen molar-refractivity contribution >= 4 is 49.0 Å². The number of carboxylic acids is 2. The zero-order chi connectivity index (χ0) is 13.4. The highest BCUT2D eigenvalue weighted by Gasteiger charge is 2.25. The molecule has 0 rings (SSSR count). The zero-order valence-corrected chi connectivity index (χ0v) is 12.2. The molecular weight excluding hydrogens is 280 g/mol. The van der Waals surface area contributed by atoms with Gasteiger partial charge in [0.1, 0.15) is 0 Å². The predicted octanol–water partition coefficient (Wildman–Crippen LogP) is 1.76. The highest BCUT2D eigenvalue weighted by Crippen LogP contribution is 2.25. The Morgan fingerprint density at radius 2 is 1.41 bits per heavy atom. The van der Waals surface area contributed by atoms with Crippen LogP contribution in [0.1, 0.15) is 12.8 Å². The van der Waals surface area contributed by atoms with E-state index in [-0.39, 0.29) is 16.8 Å². The van der Waals surface area contributed by atoms with Crippen molar-refractivity contribution in [3.8, 4) is 0 Å². The molecule has 0 saturated heterocycles. The fourth-order valence-corrected chi connectivity index (χ4v) is 2.89. The molecule has 4 nitrogen and oxygen atoms in total. The van der Waals surface area contributed by atoms with Gasteiger partial charge in [0, 0.05) is 16.8 Å². The van der Waals surface area contributed by atoms with Crippen LogP contribution in [0.25, 0.3) is 0 Å². The predicted molar refractivity (Wildman–Crippen MR) is 76.5 cm³/mol. The molecule has 0 amide bonds. The average Bonchev–Trinajstić information content (AvgIpc) is 2.28. The number of carbonyl (C=O) groups is 2. The van der Waals surface area contributed by atoms with Crippen molar-refractivity contribution in [3.05, 3.63) is 0 Å². The first-order valence-corrected chi connectivity index (χ1v) is 7.71. The maximum absolute atomic E-state index is 10.9. The molecular formula is C10H18O4S3. The highest BCUT2D eigenvalue weighted by molar-refractivity contribution is 7.99. The van der Waals surface area contributed by atoms with Gasteiger partial charge in [0.2, 0.25) is 0 Å². The van der Waals surface area contributed by atoms with E-state index in [1.807, 2.05) is 6.26 Å². The maximum atomic E-state index is 10.9. The topological polar surface area (TPSA) is 74.6 Å². The lowest BCUT2D eigenvalue weighted by molar-refractivity contribution is -0.141. The molecule has 2 unspecified atom stereocenters. The van der Waals surface area contributed by atoms with Gasteiger partial charge >= 0.3 is 11.9 Å². The van der Waals surface area contributed by atoms with Gasteiger partial charge in [0.05, 0.1) is 11.8 Å². The Morgan fingerprint density at radius 3 is 1.59 bits per heavy atom. The lowest BCUT2D eigenvalue weighted by atomic mass is 9.98. The number of carboxylic acid groups (broad SMARTS) is 2. The minimum atomic E-state index is -0.878.